The molecule has 0 bridgehead atoms. The maximum Gasteiger partial charge on any atom is 0.120 e. The van der Waals surface area contributed by atoms with Gasteiger partial charge in [0, 0.05) is 30.6 Å². The number of nitrogens with one attached hydrogen (secondary N) is 1. The number of hydrogen-bond acceptors (Lipinski definition) is 4. The minimum atomic E-state index is 0.537. The Bertz CT molecular complexity index is 522. The fraction of sp³-hybridized carbons (Fsp3) is 0.462. The highest BCUT2D eigenvalue weighted by Gasteiger charge is 2.25. The third-order valence-corrected chi connectivity index (χ3v) is 4.31. The Hall–Kier alpha value is -1.13. The number of hydrogen-bond donors (Lipinski definition) is 1. The smallest absolute Gasteiger partial charge is 0.120 e. The van der Waals surface area contributed by atoms with Crippen LogP contribution in [0.25, 0.3) is 10.9 Å². The Morgan fingerprint density at radius 1 is 1.35 bits per heavy atom. The first-order chi connectivity index (χ1) is 8.25. The molecule has 2 heterocycles. The molecule has 0 spiro atoms. The van der Waals surface area contributed by atoms with Crippen LogP contribution in [0.5, 0.6) is 0 Å². The number of rotatable bonds is 1. The lowest BCUT2D eigenvalue weighted by atomic mass is 10.1. The zero-order chi connectivity index (χ0) is 11.8. The molecule has 1 N–H and O–H groups in total. The van der Waals surface area contributed by atoms with Gasteiger partial charge in [-0.3, -0.25) is 0 Å². The molecule has 1 fully saturated rings. The third kappa shape index (κ3) is 1.91. The van der Waals surface area contributed by atoms with Crippen LogP contribution in [-0.4, -0.2) is 29.5 Å². The highest BCUT2D eigenvalue weighted by Crippen LogP contribution is 2.33. The fourth-order valence-electron chi connectivity index (χ4n) is 2.39. The SMILES string of the molecule is CC1CN(c2snc3ccccc23)C(C)CN1. The van der Waals surface area contributed by atoms with Crippen molar-refractivity contribution in [3.63, 3.8) is 0 Å². The molecule has 1 aromatic carbocycles. The largest absolute Gasteiger partial charge is 0.356 e. The summed E-state index contributed by atoms with van der Waals surface area (Å²) in [6, 6.07) is 9.49. The predicted molar refractivity (Wildman–Crippen MR) is 73.9 cm³/mol. The van der Waals surface area contributed by atoms with Gasteiger partial charge in [0.25, 0.3) is 0 Å². The summed E-state index contributed by atoms with van der Waals surface area (Å²) in [6.45, 7) is 6.62. The molecule has 2 atom stereocenters. The number of piperazine rings is 1. The van der Waals surface area contributed by atoms with E-state index in [2.05, 4.69) is 52.7 Å². The van der Waals surface area contributed by atoms with Crippen molar-refractivity contribution in [1.29, 1.82) is 0 Å². The van der Waals surface area contributed by atoms with Crippen LogP contribution in [0, 0.1) is 0 Å². The monoisotopic (exact) mass is 247 g/mol. The molecule has 0 saturated carbocycles. The summed E-state index contributed by atoms with van der Waals surface area (Å²) in [5.41, 5.74) is 1.12. The van der Waals surface area contributed by atoms with E-state index >= 15 is 0 Å². The van der Waals surface area contributed by atoms with Crippen LogP contribution in [0.15, 0.2) is 24.3 Å². The Morgan fingerprint density at radius 3 is 3.06 bits per heavy atom. The number of nitrogens with zero attached hydrogens (tertiary/aromatic N) is 2. The molecule has 2 aromatic rings. The van der Waals surface area contributed by atoms with E-state index in [1.54, 1.807) is 11.5 Å². The first-order valence-electron chi connectivity index (χ1n) is 6.10. The lowest BCUT2D eigenvalue weighted by molar-refractivity contribution is 0.427. The van der Waals surface area contributed by atoms with Gasteiger partial charge in [0.05, 0.1) is 5.52 Å². The number of benzene rings is 1. The average Bonchev–Trinajstić information content (AvgIpc) is 2.76. The molecular weight excluding hydrogens is 230 g/mol. The van der Waals surface area contributed by atoms with Crippen LogP contribution < -0.4 is 10.2 Å². The predicted octanol–water partition coefficient (Wildman–Crippen LogP) is 2.48. The van der Waals surface area contributed by atoms with Crippen molar-refractivity contribution in [2.45, 2.75) is 25.9 Å². The van der Waals surface area contributed by atoms with Gasteiger partial charge < -0.3 is 10.2 Å². The minimum Gasteiger partial charge on any atom is -0.356 e. The van der Waals surface area contributed by atoms with E-state index in [-0.39, 0.29) is 0 Å². The zero-order valence-electron chi connectivity index (χ0n) is 10.2. The molecule has 0 amide bonds. The van der Waals surface area contributed by atoms with Crippen LogP contribution in [0.3, 0.4) is 0 Å². The van der Waals surface area contributed by atoms with Crippen LogP contribution >= 0.6 is 11.5 Å². The van der Waals surface area contributed by atoms with Gasteiger partial charge in [0.2, 0.25) is 0 Å². The van der Waals surface area contributed by atoms with Crippen molar-refractivity contribution in [1.82, 2.24) is 9.69 Å². The van der Waals surface area contributed by atoms with E-state index < -0.39 is 0 Å². The summed E-state index contributed by atoms with van der Waals surface area (Å²) in [5, 5.41) is 6.13. The molecule has 1 aliphatic heterocycles. The topological polar surface area (TPSA) is 28.2 Å². The summed E-state index contributed by atoms with van der Waals surface area (Å²) >= 11 is 1.62. The summed E-state index contributed by atoms with van der Waals surface area (Å²) in [4.78, 5) is 2.49. The molecule has 1 saturated heterocycles. The van der Waals surface area contributed by atoms with Crippen LogP contribution in [0.2, 0.25) is 0 Å². The number of aromatic nitrogens is 1. The van der Waals surface area contributed by atoms with Gasteiger partial charge in [-0.05, 0) is 37.5 Å². The highest BCUT2D eigenvalue weighted by molar-refractivity contribution is 7.11. The lowest BCUT2D eigenvalue weighted by Gasteiger charge is -2.38. The van der Waals surface area contributed by atoms with Gasteiger partial charge in [-0.15, -0.1) is 0 Å². The highest BCUT2D eigenvalue weighted by atomic mass is 32.1. The average molecular weight is 247 g/mol. The summed E-state index contributed by atoms with van der Waals surface area (Å²) in [7, 11) is 0. The Kier molecular flexibility index (Phi) is 2.76. The van der Waals surface area contributed by atoms with E-state index in [9.17, 15) is 0 Å². The Morgan fingerprint density at radius 2 is 2.18 bits per heavy atom. The van der Waals surface area contributed by atoms with Crippen LogP contribution in [0.4, 0.5) is 5.00 Å². The summed E-state index contributed by atoms with van der Waals surface area (Å²) in [5.74, 6) is 0. The number of fused-ring (bicyclic) bond motifs is 1. The van der Waals surface area contributed by atoms with E-state index in [4.69, 9.17) is 0 Å². The summed E-state index contributed by atoms with van der Waals surface area (Å²) in [6.07, 6.45) is 0. The third-order valence-electron chi connectivity index (χ3n) is 3.39. The Labute approximate surface area is 106 Å². The molecular formula is C13H17N3S. The maximum absolute atomic E-state index is 4.53. The molecule has 17 heavy (non-hydrogen) atoms. The first kappa shape index (κ1) is 11.0. The van der Waals surface area contributed by atoms with E-state index in [1.165, 1.54) is 10.4 Å². The van der Waals surface area contributed by atoms with E-state index in [1.807, 2.05) is 0 Å². The summed E-state index contributed by atoms with van der Waals surface area (Å²) < 4.78 is 4.53. The molecule has 0 aliphatic carbocycles. The number of anilines is 1. The van der Waals surface area contributed by atoms with Crippen molar-refractivity contribution >= 4 is 27.4 Å². The van der Waals surface area contributed by atoms with Gasteiger partial charge >= 0.3 is 0 Å². The maximum atomic E-state index is 4.53. The van der Waals surface area contributed by atoms with Crippen molar-refractivity contribution in [3.8, 4) is 0 Å². The molecule has 2 unspecified atom stereocenters. The molecule has 4 heteroatoms. The van der Waals surface area contributed by atoms with E-state index in [0.29, 0.717) is 12.1 Å². The Balaban J connectivity index is 2.02. The van der Waals surface area contributed by atoms with Gasteiger partial charge in [-0.1, -0.05) is 12.1 Å². The van der Waals surface area contributed by atoms with Gasteiger partial charge in [0.15, 0.2) is 0 Å². The van der Waals surface area contributed by atoms with E-state index in [0.717, 1.165) is 18.6 Å². The van der Waals surface area contributed by atoms with Gasteiger partial charge in [-0.25, -0.2) is 0 Å². The van der Waals surface area contributed by atoms with Crippen LogP contribution in [-0.2, 0) is 0 Å². The van der Waals surface area contributed by atoms with Crippen molar-refractivity contribution in [2.24, 2.45) is 0 Å². The van der Waals surface area contributed by atoms with Crippen molar-refractivity contribution < 1.29 is 0 Å². The van der Waals surface area contributed by atoms with Crippen LogP contribution in [0.1, 0.15) is 13.8 Å². The lowest BCUT2D eigenvalue weighted by Crippen LogP contribution is -2.54. The van der Waals surface area contributed by atoms with Crippen molar-refractivity contribution in [3.05, 3.63) is 24.3 Å². The molecule has 0 radical (unpaired) electrons. The molecule has 3 nitrogen and oxygen atoms in total. The quantitative estimate of drug-likeness (QED) is 0.839. The second-order valence-corrected chi connectivity index (χ2v) is 5.57. The standard InChI is InChI=1S/C13H17N3S/c1-9-8-16(10(2)7-14-9)13-11-5-3-4-6-12(11)15-17-13/h3-6,9-10,14H,7-8H2,1-2H3. The van der Waals surface area contributed by atoms with Gasteiger partial charge in [-0.2, -0.15) is 4.37 Å². The first-order valence-corrected chi connectivity index (χ1v) is 6.87. The second kappa shape index (κ2) is 4.27. The van der Waals surface area contributed by atoms with Crippen molar-refractivity contribution in [2.75, 3.05) is 18.0 Å². The molecule has 90 valence electrons. The minimum absolute atomic E-state index is 0.537. The second-order valence-electron chi connectivity index (χ2n) is 4.82. The molecule has 1 aromatic heterocycles. The van der Waals surface area contributed by atoms with Gasteiger partial charge in [0.1, 0.15) is 5.00 Å². The fourth-order valence-corrected chi connectivity index (χ4v) is 3.36. The molecule has 3 rings (SSSR count). The normalized spacial score (nSPS) is 25.4. The molecule has 1 aliphatic rings. The zero-order valence-corrected chi connectivity index (χ0v) is 11.0.